The van der Waals surface area contributed by atoms with E-state index < -0.39 is 0 Å². The van der Waals surface area contributed by atoms with Crippen molar-refractivity contribution in [3.63, 3.8) is 0 Å². The highest BCUT2D eigenvalue weighted by Crippen LogP contribution is 2.23. The van der Waals surface area contributed by atoms with Gasteiger partial charge in [0.15, 0.2) is 0 Å². The maximum Gasteiger partial charge on any atom is 0.225 e. The van der Waals surface area contributed by atoms with Crippen LogP contribution in [0.15, 0.2) is 36.9 Å². The Bertz CT molecular complexity index is 683. The van der Waals surface area contributed by atoms with Crippen LogP contribution in [-0.2, 0) is 6.54 Å². The maximum atomic E-state index is 4.63. The van der Waals surface area contributed by atoms with Gasteiger partial charge in [-0.1, -0.05) is 6.07 Å². The number of nitrogens with zero attached hydrogens (tertiary/aromatic N) is 6. The Morgan fingerprint density at radius 2 is 1.88 bits per heavy atom. The molecule has 2 fully saturated rings. The highest BCUT2D eigenvalue weighted by atomic mass is 15.3. The van der Waals surface area contributed by atoms with E-state index in [4.69, 9.17) is 0 Å². The number of rotatable bonds is 4. The lowest BCUT2D eigenvalue weighted by atomic mass is 10.0. The van der Waals surface area contributed by atoms with Crippen molar-refractivity contribution in [2.24, 2.45) is 0 Å². The Morgan fingerprint density at radius 3 is 2.62 bits per heavy atom. The van der Waals surface area contributed by atoms with Crippen molar-refractivity contribution >= 4 is 5.95 Å². The van der Waals surface area contributed by atoms with Crippen LogP contribution in [0.2, 0.25) is 0 Å². The zero-order chi connectivity index (χ0) is 17.8. The van der Waals surface area contributed by atoms with Crippen molar-refractivity contribution in [1.29, 1.82) is 0 Å². The summed E-state index contributed by atoms with van der Waals surface area (Å²) in [6.07, 6.45) is 7.78. The first-order valence-electron chi connectivity index (χ1n) is 9.39. The number of hydrogen-bond donors (Lipinski definition) is 1. The molecule has 7 nitrogen and oxygen atoms in total. The smallest absolute Gasteiger partial charge is 0.225 e. The van der Waals surface area contributed by atoms with Crippen LogP contribution in [0.4, 0.5) is 5.95 Å². The third kappa shape index (κ3) is 4.00. The van der Waals surface area contributed by atoms with Crippen LogP contribution in [0.5, 0.6) is 0 Å². The van der Waals surface area contributed by atoms with Gasteiger partial charge in [0.1, 0.15) is 0 Å². The lowest BCUT2D eigenvalue weighted by molar-refractivity contribution is 0.153. The molecule has 1 N–H and O–H groups in total. The number of hydrogen-bond acceptors (Lipinski definition) is 7. The Hall–Kier alpha value is -2.09. The molecule has 4 heterocycles. The third-order valence-corrected chi connectivity index (χ3v) is 5.29. The summed E-state index contributed by atoms with van der Waals surface area (Å²) in [5, 5.41) is 3.49. The fourth-order valence-corrected chi connectivity index (χ4v) is 3.67. The first kappa shape index (κ1) is 17.3. The largest absolute Gasteiger partial charge is 0.338 e. The molecule has 0 aliphatic carbocycles. The number of likely N-dealkylation sites (N-methyl/N-ethyl adjacent to an activating group) is 1. The van der Waals surface area contributed by atoms with Gasteiger partial charge in [-0.3, -0.25) is 9.88 Å². The van der Waals surface area contributed by atoms with Crippen LogP contribution >= 0.6 is 0 Å². The second-order valence-corrected chi connectivity index (χ2v) is 7.16. The lowest BCUT2D eigenvalue weighted by Gasteiger charge is -2.36. The maximum absolute atomic E-state index is 4.63. The second-order valence-electron chi connectivity index (χ2n) is 7.16. The molecule has 2 aliphatic rings. The molecule has 0 bridgehead atoms. The van der Waals surface area contributed by atoms with E-state index in [0.717, 1.165) is 58.3 Å². The molecule has 26 heavy (non-hydrogen) atoms. The molecular formula is C19H27N7. The number of aromatic nitrogens is 3. The molecule has 2 aliphatic heterocycles. The van der Waals surface area contributed by atoms with Crippen LogP contribution < -0.4 is 10.2 Å². The van der Waals surface area contributed by atoms with Crippen LogP contribution in [0.3, 0.4) is 0 Å². The van der Waals surface area contributed by atoms with Crippen molar-refractivity contribution < 1.29 is 0 Å². The zero-order valence-electron chi connectivity index (χ0n) is 15.4. The van der Waals surface area contributed by atoms with Crippen molar-refractivity contribution in [2.75, 3.05) is 57.8 Å². The highest BCUT2D eigenvalue weighted by Gasteiger charge is 2.24. The van der Waals surface area contributed by atoms with Gasteiger partial charge in [-0.2, -0.15) is 0 Å². The summed E-state index contributed by atoms with van der Waals surface area (Å²) < 4.78 is 0. The van der Waals surface area contributed by atoms with E-state index >= 15 is 0 Å². The fraction of sp³-hybridized carbons (Fsp3) is 0.526. The molecule has 2 aromatic rings. The number of anilines is 1. The zero-order valence-corrected chi connectivity index (χ0v) is 15.4. The molecule has 2 aromatic heterocycles. The molecule has 0 amide bonds. The average molecular weight is 353 g/mol. The Balaban J connectivity index is 1.42. The molecule has 0 spiro atoms. The Kier molecular flexibility index (Phi) is 5.38. The SMILES string of the molecule is CN1CCN(c2ncc(CN3CCNCC3c3cccnc3)cn2)CC1. The first-order valence-corrected chi connectivity index (χ1v) is 9.39. The molecule has 2 saturated heterocycles. The van der Waals surface area contributed by atoms with Crippen LogP contribution in [-0.4, -0.2) is 77.6 Å². The van der Waals surface area contributed by atoms with Gasteiger partial charge in [0, 0.05) is 88.8 Å². The Labute approximate surface area is 155 Å². The summed E-state index contributed by atoms with van der Waals surface area (Å²) >= 11 is 0. The van der Waals surface area contributed by atoms with E-state index in [0.29, 0.717) is 6.04 Å². The van der Waals surface area contributed by atoms with E-state index in [-0.39, 0.29) is 0 Å². The van der Waals surface area contributed by atoms with E-state index in [2.05, 4.69) is 48.1 Å². The molecule has 0 saturated carbocycles. The van der Waals surface area contributed by atoms with Gasteiger partial charge in [-0.25, -0.2) is 9.97 Å². The molecule has 1 unspecified atom stereocenters. The first-order chi connectivity index (χ1) is 12.8. The summed E-state index contributed by atoms with van der Waals surface area (Å²) in [6, 6.07) is 4.51. The third-order valence-electron chi connectivity index (χ3n) is 5.29. The summed E-state index contributed by atoms with van der Waals surface area (Å²) in [5.41, 5.74) is 2.42. The topological polar surface area (TPSA) is 60.4 Å². The summed E-state index contributed by atoms with van der Waals surface area (Å²) in [7, 11) is 2.16. The van der Waals surface area contributed by atoms with Gasteiger partial charge >= 0.3 is 0 Å². The van der Waals surface area contributed by atoms with Gasteiger partial charge in [-0.05, 0) is 18.7 Å². The number of nitrogens with one attached hydrogen (secondary N) is 1. The van der Waals surface area contributed by atoms with Crippen molar-refractivity contribution in [3.8, 4) is 0 Å². The molecule has 7 heteroatoms. The molecule has 0 aromatic carbocycles. The highest BCUT2D eigenvalue weighted by molar-refractivity contribution is 5.30. The van der Waals surface area contributed by atoms with Crippen LogP contribution in [0.25, 0.3) is 0 Å². The number of pyridine rings is 1. The monoisotopic (exact) mass is 353 g/mol. The minimum absolute atomic E-state index is 0.342. The van der Waals surface area contributed by atoms with Gasteiger partial charge in [0.25, 0.3) is 0 Å². The van der Waals surface area contributed by atoms with Crippen LogP contribution in [0.1, 0.15) is 17.2 Å². The molecular weight excluding hydrogens is 326 g/mol. The summed E-state index contributed by atoms with van der Waals surface area (Å²) in [5.74, 6) is 0.853. The quantitative estimate of drug-likeness (QED) is 0.871. The predicted octanol–water partition coefficient (Wildman–Crippen LogP) is 0.770. The normalized spacial score (nSPS) is 22.5. The molecule has 4 rings (SSSR count). The van der Waals surface area contributed by atoms with Crippen molar-refractivity contribution in [3.05, 3.63) is 48.0 Å². The molecule has 0 radical (unpaired) electrons. The van der Waals surface area contributed by atoms with Crippen molar-refractivity contribution in [1.82, 2.24) is 30.1 Å². The predicted molar refractivity (Wildman–Crippen MR) is 102 cm³/mol. The van der Waals surface area contributed by atoms with Gasteiger partial charge in [-0.15, -0.1) is 0 Å². The van der Waals surface area contributed by atoms with Gasteiger partial charge in [0.2, 0.25) is 5.95 Å². The van der Waals surface area contributed by atoms with E-state index in [1.54, 1.807) is 0 Å². The average Bonchev–Trinajstić information content (AvgIpc) is 2.70. The van der Waals surface area contributed by atoms with Crippen LogP contribution in [0, 0.1) is 0 Å². The van der Waals surface area contributed by atoms with E-state index in [1.165, 1.54) is 11.1 Å². The second kappa shape index (κ2) is 8.07. The van der Waals surface area contributed by atoms with E-state index in [1.807, 2.05) is 30.9 Å². The lowest BCUT2D eigenvalue weighted by Crippen LogP contribution is -2.45. The molecule has 138 valence electrons. The number of piperazine rings is 2. The minimum Gasteiger partial charge on any atom is -0.338 e. The minimum atomic E-state index is 0.342. The Morgan fingerprint density at radius 1 is 1.08 bits per heavy atom. The van der Waals surface area contributed by atoms with E-state index in [9.17, 15) is 0 Å². The fourth-order valence-electron chi connectivity index (χ4n) is 3.67. The standard InChI is InChI=1S/C19H27N7/c1-24-7-9-25(10-8-24)19-22-11-16(12-23-19)15-26-6-5-21-14-18(26)17-3-2-4-20-13-17/h2-4,11-13,18,21H,5-10,14-15H2,1H3. The molecule has 1 atom stereocenters. The van der Waals surface area contributed by atoms with Crippen molar-refractivity contribution in [2.45, 2.75) is 12.6 Å². The van der Waals surface area contributed by atoms with Gasteiger partial charge < -0.3 is 15.1 Å². The summed E-state index contributed by atoms with van der Waals surface area (Å²) in [4.78, 5) is 20.6. The summed E-state index contributed by atoms with van der Waals surface area (Å²) in [6.45, 7) is 7.97. The van der Waals surface area contributed by atoms with Gasteiger partial charge in [0.05, 0.1) is 0 Å².